The number of para-hydroxylation sites is 1. The Morgan fingerprint density at radius 3 is 2.50 bits per heavy atom. The number of urea groups is 1. The van der Waals surface area contributed by atoms with Crippen molar-refractivity contribution >= 4 is 34.1 Å². The smallest absolute Gasteiger partial charge is 0.329 e. The number of nitrogens with one attached hydrogen (secondary N) is 2. The first-order chi connectivity index (χ1) is 11.6. The standard InChI is InChI=1S/C17H18N6O/c1-11-19-15-6-4-3-5-14(15)16(20-11)23(2)13-9-7-12(8-10-13)21-17(24)22-18/h3-10H,18H2,1-2H3,(H2,21,22,24). The molecule has 0 saturated heterocycles. The van der Waals surface area contributed by atoms with Crippen LogP contribution in [0.3, 0.4) is 0 Å². The third kappa shape index (κ3) is 3.11. The second kappa shape index (κ2) is 6.51. The first-order valence-electron chi connectivity index (χ1n) is 7.43. The molecule has 4 N–H and O–H groups in total. The number of rotatable bonds is 3. The maximum Gasteiger partial charge on any atom is 0.333 e. The van der Waals surface area contributed by atoms with Crippen LogP contribution in [0.2, 0.25) is 0 Å². The zero-order valence-electron chi connectivity index (χ0n) is 13.4. The molecule has 0 aliphatic heterocycles. The van der Waals surface area contributed by atoms with Crippen molar-refractivity contribution in [3.8, 4) is 0 Å². The van der Waals surface area contributed by atoms with E-state index in [1.54, 1.807) is 12.1 Å². The van der Waals surface area contributed by atoms with Gasteiger partial charge in [0.25, 0.3) is 0 Å². The van der Waals surface area contributed by atoms with Crippen LogP contribution in [-0.2, 0) is 0 Å². The Morgan fingerprint density at radius 2 is 1.79 bits per heavy atom. The molecule has 2 aromatic carbocycles. The van der Waals surface area contributed by atoms with E-state index in [-0.39, 0.29) is 0 Å². The predicted molar refractivity (Wildman–Crippen MR) is 95.1 cm³/mol. The molecule has 0 unspecified atom stereocenters. The molecule has 0 fully saturated rings. The minimum atomic E-state index is -0.464. The van der Waals surface area contributed by atoms with E-state index in [9.17, 15) is 4.79 Å². The van der Waals surface area contributed by atoms with Gasteiger partial charge in [-0.3, -0.25) is 5.43 Å². The molecule has 1 heterocycles. The van der Waals surface area contributed by atoms with Crippen LogP contribution in [0, 0.1) is 6.92 Å². The van der Waals surface area contributed by atoms with E-state index in [0.717, 1.165) is 22.4 Å². The molecule has 7 heteroatoms. The molecule has 0 bridgehead atoms. The second-order valence-corrected chi connectivity index (χ2v) is 5.32. The maximum atomic E-state index is 11.2. The molecule has 0 spiro atoms. The van der Waals surface area contributed by atoms with Crippen molar-refractivity contribution in [3.63, 3.8) is 0 Å². The van der Waals surface area contributed by atoms with Gasteiger partial charge in [-0.25, -0.2) is 20.6 Å². The Morgan fingerprint density at radius 1 is 1.08 bits per heavy atom. The number of anilines is 3. The Labute approximate surface area is 139 Å². The minimum absolute atomic E-state index is 0.464. The molecular formula is C17H18N6O. The van der Waals surface area contributed by atoms with Gasteiger partial charge in [0.1, 0.15) is 11.6 Å². The van der Waals surface area contributed by atoms with E-state index in [4.69, 9.17) is 5.84 Å². The fourth-order valence-electron chi connectivity index (χ4n) is 2.49. The van der Waals surface area contributed by atoms with Crippen molar-refractivity contribution in [1.82, 2.24) is 15.4 Å². The zero-order chi connectivity index (χ0) is 17.1. The summed E-state index contributed by atoms with van der Waals surface area (Å²) in [4.78, 5) is 22.3. The van der Waals surface area contributed by atoms with Crippen molar-refractivity contribution in [2.24, 2.45) is 5.84 Å². The lowest BCUT2D eigenvalue weighted by atomic mass is 10.2. The number of carbonyl (C=O) groups is 1. The van der Waals surface area contributed by atoms with Crippen molar-refractivity contribution in [2.75, 3.05) is 17.3 Å². The summed E-state index contributed by atoms with van der Waals surface area (Å²) in [6.07, 6.45) is 0. The summed E-state index contributed by atoms with van der Waals surface area (Å²) in [5, 5.41) is 3.60. The maximum absolute atomic E-state index is 11.2. The Bertz CT molecular complexity index is 878. The van der Waals surface area contributed by atoms with Gasteiger partial charge in [0, 0.05) is 23.8 Å². The molecule has 7 nitrogen and oxygen atoms in total. The molecule has 2 amide bonds. The van der Waals surface area contributed by atoms with Gasteiger partial charge in [-0.05, 0) is 43.3 Å². The number of hydrogen-bond donors (Lipinski definition) is 3. The van der Waals surface area contributed by atoms with Gasteiger partial charge in [-0.2, -0.15) is 0 Å². The number of nitrogens with two attached hydrogens (primary N) is 1. The summed E-state index contributed by atoms with van der Waals surface area (Å²) in [5.41, 5.74) is 4.53. The second-order valence-electron chi connectivity index (χ2n) is 5.32. The van der Waals surface area contributed by atoms with Gasteiger partial charge < -0.3 is 10.2 Å². The van der Waals surface area contributed by atoms with Crippen molar-refractivity contribution in [3.05, 3.63) is 54.4 Å². The molecule has 1 aromatic heterocycles. The van der Waals surface area contributed by atoms with Crippen molar-refractivity contribution < 1.29 is 4.79 Å². The van der Waals surface area contributed by atoms with E-state index in [0.29, 0.717) is 11.5 Å². The quantitative estimate of drug-likeness (QED) is 0.391. The average Bonchev–Trinajstić information content (AvgIpc) is 2.61. The fraction of sp³-hybridized carbons (Fsp3) is 0.118. The van der Waals surface area contributed by atoms with Gasteiger partial charge in [-0.15, -0.1) is 0 Å². The zero-order valence-corrected chi connectivity index (χ0v) is 13.4. The number of aryl methyl sites for hydroxylation is 1. The summed E-state index contributed by atoms with van der Waals surface area (Å²) in [6.45, 7) is 1.88. The lowest BCUT2D eigenvalue weighted by molar-refractivity contribution is 0.252. The number of fused-ring (bicyclic) bond motifs is 1. The number of carbonyl (C=O) groups excluding carboxylic acids is 1. The van der Waals surface area contributed by atoms with E-state index < -0.39 is 6.03 Å². The number of benzene rings is 2. The lowest BCUT2D eigenvalue weighted by Crippen LogP contribution is -2.34. The highest BCUT2D eigenvalue weighted by Crippen LogP contribution is 2.29. The highest BCUT2D eigenvalue weighted by Gasteiger charge is 2.12. The van der Waals surface area contributed by atoms with Crippen molar-refractivity contribution in [2.45, 2.75) is 6.92 Å². The number of hydrogen-bond acceptors (Lipinski definition) is 5. The molecule has 24 heavy (non-hydrogen) atoms. The molecule has 3 aromatic rings. The summed E-state index contributed by atoms with van der Waals surface area (Å²) in [6, 6.07) is 14.8. The fourth-order valence-corrected chi connectivity index (χ4v) is 2.49. The van der Waals surface area contributed by atoms with E-state index in [1.807, 2.05) is 60.7 Å². The Kier molecular flexibility index (Phi) is 4.26. The van der Waals surface area contributed by atoms with Gasteiger partial charge in [-0.1, -0.05) is 12.1 Å². The first-order valence-corrected chi connectivity index (χ1v) is 7.43. The van der Waals surface area contributed by atoms with Crippen LogP contribution in [-0.4, -0.2) is 23.0 Å². The molecule has 0 atom stereocenters. The van der Waals surface area contributed by atoms with Crippen LogP contribution >= 0.6 is 0 Å². The SMILES string of the molecule is Cc1nc(N(C)c2ccc(NC(=O)NN)cc2)c2ccccc2n1. The molecular weight excluding hydrogens is 304 g/mol. The highest BCUT2D eigenvalue weighted by atomic mass is 16.2. The van der Waals surface area contributed by atoms with Gasteiger partial charge in [0.2, 0.25) is 0 Å². The first kappa shape index (κ1) is 15.7. The third-order valence-electron chi connectivity index (χ3n) is 3.66. The Balaban J connectivity index is 1.94. The summed E-state index contributed by atoms with van der Waals surface area (Å²) >= 11 is 0. The third-order valence-corrected chi connectivity index (χ3v) is 3.66. The molecule has 0 saturated carbocycles. The highest BCUT2D eigenvalue weighted by molar-refractivity contribution is 5.92. The van der Waals surface area contributed by atoms with E-state index in [2.05, 4.69) is 15.3 Å². The van der Waals surface area contributed by atoms with Gasteiger partial charge in [0.05, 0.1) is 5.52 Å². The topological polar surface area (TPSA) is 96.2 Å². The minimum Gasteiger partial charge on any atom is -0.329 e. The number of amides is 2. The lowest BCUT2D eigenvalue weighted by Gasteiger charge is -2.20. The number of hydrazine groups is 1. The number of nitrogens with zero attached hydrogens (tertiary/aromatic N) is 3. The largest absolute Gasteiger partial charge is 0.333 e. The normalized spacial score (nSPS) is 10.5. The van der Waals surface area contributed by atoms with Crippen LogP contribution in [0.4, 0.5) is 22.0 Å². The van der Waals surface area contributed by atoms with E-state index in [1.165, 1.54) is 0 Å². The van der Waals surface area contributed by atoms with Crippen LogP contribution in [0.5, 0.6) is 0 Å². The number of aromatic nitrogens is 2. The van der Waals surface area contributed by atoms with Crippen LogP contribution in [0.15, 0.2) is 48.5 Å². The monoisotopic (exact) mass is 322 g/mol. The summed E-state index contributed by atoms with van der Waals surface area (Å²) in [7, 11) is 1.95. The molecule has 0 aliphatic carbocycles. The van der Waals surface area contributed by atoms with E-state index >= 15 is 0 Å². The van der Waals surface area contributed by atoms with Gasteiger partial charge in [0.15, 0.2) is 0 Å². The van der Waals surface area contributed by atoms with Crippen LogP contribution in [0.1, 0.15) is 5.82 Å². The molecule has 0 aliphatic rings. The molecule has 122 valence electrons. The summed E-state index contributed by atoms with van der Waals surface area (Å²) in [5.74, 6) is 6.60. The van der Waals surface area contributed by atoms with Crippen LogP contribution < -0.4 is 21.5 Å². The average molecular weight is 322 g/mol. The summed E-state index contributed by atoms with van der Waals surface area (Å²) < 4.78 is 0. The predicted octanol–water partition coefficient (Wildman–Crippen LogP) is 2.70. The molecule has 3 rings (SSSR count). The molecule has 0 radical (unpaired) electrons. The van der Waals surface area contributed by atoms with Crippen molar-refractivity contribution in [1.29, 1.82) is 0 Å². The Hall–Kier alpha value is -3.19. The van der Waals surface area contributed by atoms with Gasteiger partial charge >= 0.3 is 6.03 Å². The van der Waals surface area contributed by atoms with Crippen LogP contribution in [0.25, 0.3) is 10.9 Å².